The Balaban J connectivity index is 0.00000272. The van der Waals surface area contributed by atoms with Gasteiger partial charge in [0.15, 0.2) is 11.5 Å². The van der Waals surface area contributed by atoms with Gasteiger partial charge in [0.1, 0.15) is 5.82 Å². The van der Waals surface area contributed by atoms with E-state index in [2.05, 4.69) is 9.97 Å². The summed E-state index contributed by atoms with van der Waals surface area (Å²) in [7, 11) is 3.14. The first kappa shape index (κ1) is 22.7. The molecule has 10 heteroatoms. The zero-order valence-corrected chi connectivity index (χ0v) is 18.7. The maximum Gasteiger partial charge on any atom is 0.253 e. The second-order valence-electron chi connectivity index (χ2n) is 6.92. The highest BCUT2D eigenvalue weighted by molar-refractivity contribution is 6.30. The van der Waals surface area contributed by atoms with E-state index >= 15 is 0 Å². The predicted molar refractivity (Wildman–Crippen MR) is 124 cm³/mol. The van der Waals surface area contributed by atoms with Crippen LogP contribution in [0.1, 0.15) is 10.4 Å². The number of aromatic nitrogens is 2. The van der Waals surface area contributed by atoms with Gasteiger partial charge in [-0.2, -0.15) is 4.98 Å². The molecule has 0 aliphatic carbocycles. The van der Waals surface area contributed by atoms with Gasteiger partial charge in [-0.05, 0) is 30.3 Å². The van der Waals surface area contributed by atoms with Crippen molar-refractivity contribution in [3.8, 4) is 11.5 Å². The van der Waals surface area contributed by atoms with Crippen LogP contribution in [-0.2, 0) is 0 Å². The van der Waals surface area contributed by atoms with E-state index in [-0.39, 0.29) is 18.3 Å². The van der Waals surface area contributed by atoms with Crippen LogP contribution in [0, 0.1) is 0 Å². The maximum atomic E-state index is 12.7. The highest BCUT2D eigenvalue weighted by Crippen LogP contribution is 2.34. The van der Waals surface area contributed by atoms with Crippen LogP contribution in [0.5, 0.6) is 11.5 Å². The van der Waals surface area contributed by atoms with Gasteiger partial charge in [-0.15, -0.1) is 12.4 Å². The van der Waals surface area contributed by atoms with Crippen molar-refractivity contribution in [1.29, 1.82) is 0 Å². The summed E-state index contributed by atoms with van der Waals surface area (Å²) in [5.41, 5.74) is 7.49. The molecule has 164 valence electrons. The molecule has 0 unspecified atom stereocenters. The summed E-state index contributed by atoms with van der Waals surface area (Å²) >= 11 is 5.91. The first-order valence-electron chi connectivity index (χ1n) is 9.49. The van der Waals surface area contributed by atoms with Gasteiger partial charge in [0.05, 0.1) is 19.7 Å². The summed E-state index contributed by atoms with van der Waals surface area (Å²) in [5, 5.41) is 1.31. The molecule has 4 rings (SSSR count). The number of nitrogen functional groups attached to an aromatic ring is 1. The summed E-state index contributed by atoms with van der Waals surface area (Å²) in [4.78, 5) is 25.7. The van der Waals surface area contributed by atoms with Crippen LogP contribution >= 0.6 is 24.0 Å². The molecule has 0 spiro atoms. The Kier molecular flexibility index (Phi) is 6.92. The zero-order chi connectivity index (χ0) is 21.3. The number of rotatable bonds is 4. The quantitative estimate of drug-likeness (QED) is 0.634. The van der Waals surface area contributed by atoms with Crippen molar-refractivity contribution >= 4 is 52.6 Å². The highest BCUT2D eigenvalue weighted by atomic mass is 35.5. The molecule has 1 aliphatic heterocycles. The number of methoxy groups -OCH3 is 2. The lowest BCUT2D eigenvalue weighted by atomic mass is 10.2. The Morgan fingerprint density at radius 2 is 1.61 bits per heavy atom. The largest absolute Gasteiger partial charge is 0.493 e. The second kappa shape index (κ2) is 9.45. The van der Waals surface area contributed by atoms with Crippen LogP contribution in [-0.4, -0.2) is 61.2 Å². The molecular formula is C21H23Cl2N5O3. The van der Waals surface area contributed by atoms with Gasteiger partial charge in [-0.25, -0.2) is 4.98 Å². The summed E-state index contributed by atoms with van der Waals surface area (Å²) in [6, 6.07) is 10.5. The number of amides is 1. The van der Waals surface area contributed by atoms with Crippen molar-refractivity contribution in [1.82, 2.24) is 14.9 Å². The molecule has 2 N–H and O–H groups in total. The van der Waals surface area contributed by atoms with Crippen molar-refractivity contribution in [2.24, 2.45) is 0 Å². The molecule has 0 saturated carbocycles. The summed E-state index contributed by atoms with van der Waals surface area (Å²) in [6.07, 6.45) is 0. The number of benzene rings is 2. The fourth-order valence-electron chi connectivity index (χ4n) is 3.49. The molecule has 1 aromatic heterocycles. The lowest BCUT2D eigenvalue weighted by Crippen LogP contribution is -2.49. The number of carbonyl (C=O) groups excluding carboxylic acids is 1. The Morgan fingerprint density at radius 3 is 2.23 bits per heavy atom. The van der Waals surface area contributed by atoms with Crippen LogP contribution < -0.4 is 20.1 Å². The predicted octanol–water partition coefficient (Wildman–Crippen LogP) is 3.27. The number of nitrogens with two attached hydrogens (primary N) is 1. The second-order valence-corrected chi connectivity index (χ2v) is 7.36. The summed E-state index contributed by atoms with van der Waals surface area (Å²) in [5.74, 6) is 2.04. The van der Waals surface area contributed by atoms with E-state index in [1.54, 1.807) is 50.6 Å². The van der Waals surface area contributed by atoms with Gasteiger partial charge in [0.25, 0.3) is 5.91 Å². The fourth-order valence-corrected chi connectivity index (χ4v) is 3.62. The van der Waals surface area contributed by atoms with Gasteiger partial charge in [-0.3, -0.25) is 4.79 Å². The molecule has 1 amide bonds. The van der Waals surface area contributed by atoms with Crippen LogP contribution in [0.2, 0.25) is 5.02 Å². The van der Waals surface area contributed by atoms with E-state index in [9.17, 15) is 4.79 Å². The number of fused-ring (bicyclic) bond motifs is 1. The Bertz CT molecular complexity index is 1090. The van der Waals surface area contributed by atoms with Crippen molar-refractivity contribution in [2.45, 2.75) is 0 Å². The molecule has 0 atom stereocenters. The molecule has 8 nitrogen and oxygen atoms in total. The first-order valence-corrected chi connectivity index (χ1v) is 9.87. The van der Waals surface area contributed by atoms with E-state index in [4.69, 9.17) is 26.8 Å². The maximum absolute atomic E-state index is 12.7. The van der Waals surface area contributed by atoms with Crippen LogP contribution in [0.4, 0.5) is 11.8 Å². The molecule has 1 saturated heterocycles. The molecule has 0 radical (unpaired) electrons. The highest BCUT2D eigenvalue weighted by Gasteiger charge is 2.24. The topological polar surface area (TPSA) is 93.8 Å². The molecule has 3 aromatic rings. The van der Waals surface area contributed by atoms with E-state index < -0.39 is 0 Å². The number of hydrogen-bond acceptors (Lipinski definition) is 7. The number of ether oxygens (including phenoxy) is 2. The lowest BCUT2D eigenvalue weighted by Gasteiger charge is -2.35. The zero-order valence-electron chi connectivity index (χ0n) is 17.2. The summed E-state index contributed by atoms with van der Waals surface area (Å²) in [6.45, 7) is 2.35. The average molecular weight is 464 g/mol. The number of nitrogens with zero attached hydrogens (tertiary/aromatic N) is 4. The third kappa shape index (κ3) is 4.55. The number of hydrogen-bond donors (Lipinski definition) is 1. The van der Waals surface area contributed by atoms with Gasteiger partial charge >= 0.3 is 0 Å². The van der Waals surface area contributed by atoms with Gasteiger partial charge in [0.2, 0.25) is 5.95 Å². The number of anilines is 2. The molecule has 31 heavy (non-hydrogen) atoms. The molecule has 1 fully saturated rings. The van der Waals surface area contributed by atoms with Gasteiger partial charge in [0, 0.05) is 48.2 Å². The standard InChI is InChI=1S/C21H22ClN5O3.ClH/c1-29-17-11-15-16(12-18(17)30-2)24-21(25-19(15)23)27-9-7-26(8-10-27)20(28)13-3-5-14(22)6-4-13;/h3-6,11-12H,7-10H2,1-2H3,(H2,23,24,25);1H. The van der Waals surface area contributed by atoms with Crippen LogP contribution in [0.15, 0.2) is 36.4 Å². The van der Waals surface area contributed by atoms with E-state index in [1.807, 2.05) is 9.80 Å². The average Bonchev–Trinajstić information content (AvgIpc) is 2.78. The lowest BCUT2D eigenvalue weighted by molar-refractivity contribution is 0.0746. The van der Waals surface area contributed by atoms with Crippen molar-refractivity contribution in [3.63, 3.8) is 0 Å². The molecule has 2 heterocycles. The molecule has 2 aromatic carbocycles. The minimum atomic E-state index is -0.0120. The van der Waals surface area contributed by atoms with Gasteiger partial charge < -0.3 is 25.0 Å². The van der Waals surface area contributed by atoms with Crippen molar-refractivity contribution in [2.75, 3.05) is 51.0 Å². The first-order chi connectivity index (χ1) is 14.5. The van der Waals surface area contributed by atoms with Gasteiger partial charge in [-0.1, -0.05) is 11.6 Å². The molecule has 1 aliphatic rings. The van der Waals surface area contributed by atoms with E-state index in [0.29, 0.717) is 70.9 Å². The number of carbonyl (C=O) groups is 1. The minimum absolute atomic E-state index is 0. The minimum Gasteiger partial charge on any atom is -0.493 e. The van der Waals surface area contributed by atoms with Crippen LogP contribution in [0.25, 0.3) is 10.9 Å². The van der Waals surface area contributed by atoms with Crippen molar-refractivity contribution < 1.29 is 14.3 Å². The normalized spacial score (nSPS) is 13.6. The fraction of sp³-hybridized carbons (Fsp3) is 0.286. The van der Waals surface area contributed by atoms with E-state index in [1.165, 1.54) is 0 Å². The third-order valence-electron chi connectivity index (χ3n) is 5.16. The SMILES string of the molecule is COc1cc2nc(N3CCN(C(=O)c4ccc(Cl)cc4)CC3)nc(N)c2cc1OC.Cl. The summed E-state index contributed by atoms with van der Waals surface area (Å²) < 4.78 is 10.7. The monoisotopic (exact) mass is 463 g/mol. The Labute approximate surface area is 191 Å². The molecular weight excluding hydrogens is 441 g/mol. The smallest absolute Gasteiger partial charge is 0.253 e. The molecule has 0 bridgehead atoms. The number of piperazine rings is 1. The Hall–Kier alpha value is -2.97. The van der Waals surface area contributed by atoms with E-state index in [0.717, 1.165) is 0 Å². The number of halogens is 2. The van der Waals surface area contributed by atoms with Crippen molar-refractivity contribution in [3.05, 3.63) is 47.0 Å². The Morgan fingerprint density at radius 1 is 1.00 bits per heavy atom. The third-order valence-corrected chi connectivity index (χ3v) is 5.41. The van der Waals surface area contributed by atoms with Crippen LogP contribution in [0.3, 0.4) is 0 Å².